The first-order valence-electron chi connectivity index (χ1n) is 13.6. The van der Waals surface area contributed by atoms with Crippen LogP contribution in [0.2, 0.25) is 0 Å². The van der Waals surface area contributed by atoms with Crippen LogP contribution in [0.5, 0.6) is 11.5 Å². The third kappa shape index (κ3) is 6.00. The highest BCUT2D eigenvalue weighted by atomic mass is 16.5. The molecule has 0 unspecified atom stereocenters. The van der Waals surface area contributed by atoms with E-state index < -0.39 is 5.97 Å². The van der Waals surface area contributed by atoms with Gasteiger partial charge < -0.3 is 33.0 Å². The molecule has 2 heterocycles. The van der Waals surface area contributed by atoms with Crippen molar-refractivity contribution >= 4 is 16.9 Å². The second-order valence-electron chi connectivity index (χ2n) is 10.2. The van der Waals surface area contributed by atoms with Gasteiger partial charge in [-0.05, 0) is 63.8 Å². The molecule has 212 valence electrons. The van der Waals surface area contributed by atoms with Gasteiger partial charge in [0.15, 0.2) is 11.5 Å². The number of benzene rings is 2. The van der Waals surface area contributed by atoms with Crippen LogP contribution in [0.3, 0.4) is 0 Å². The van der Waals surface area contributed by atoms with Gasteiger partial charge >= 0.3 is 5.97 Å². The Balaban J connectivity index is 1.18. The van der Waals surface area contributed by atoms with Crippen LogP contribution in [0.15, 0.2) is 46.9 Å². The van der Waals surface area contributed by atoms with Crippen LogP contribution in [-0.4, -0.2) is 53.7 Å². The summed E-state index contributed by atoms with van der Waals surface area (Å²) in [5.41, 5.74) is 3.89. The van der Waals surface area contributed by atoms with E-state index >= 15 is 0 Å². The Hall–Kier alpha value is -3.82. The number of aryl methyl sites for hydroxylation is 2. The summed E-state index contributed by atoms with van der Waals surface area (Å²) >= 11 is 0. The molecule has 1 aliphatic carbocycles. The zero-order chi connectivity index (χ0) is 28.2. The fraction of sp³-hybridized carbons (Fsp3) is 0.419. The molecule has 5 rings (SSSR count). The number of hydrogen-bond acceptors (Lipinski definition) is 7. The van der Waals surface area contributed by atoms with E-state index in [1.54, 1.807) is 37.0 Å². The van der Waals surface area contributed by atoms with E-state index in [9.17, 15) is 9.90 Å². The highest BCUT2D eigenvalue weighted by Crippen LogP contribution is 2.34. The zero-order valence-electron chi connectivity index (χ0n) is 23.4. The molecule has 2 aromatic heterocycles. The molecular formula is C31H36N2O7. The number of hydrogen-bond donors (Lipinski definition) is 1. The molecule has 40 heavy (non-hydrogen) atoms. The number of aromatic nitrogens is 2. The van der Waals surface area contributed by atoms with E-state index in [4.69, 9.17) is 23.4 Å². The van der Waals surface area contributed by atoms with Crippen molar-refractivity contribution in [1.29, 1.82) is 0 Å². The van der Waals surface area contributed by atoms with Crippen LogP contribution in [0.25, 0.3) is 22.4 Å². The molecule has 0 spiro atoms. The van der Waals surface area contributed by atoms with Crippen LogP contribution in [0.1, 0.15) is 53.2 Å². The summed E-state index contributed by atoms with van der Waals surface area (Å²) < 4.78 is 31.0. The molecule has 0 aliphatic heterocycles. The zero-order valence-corrected chi connectivity index (χ0v) is 23.4. The second kappa shape index (κ2) is 12.1. The number of carboxylic acids is 1. The van der Waals surface area contributed by atoms with Gasteiger partial charge in [0.05, 0.1) is 45.2 Å². The molecule has 2 atom stereocenters. The lowest BCUT2D eigenvalue weighted by atomic mass is 9.95. The monoisotopic (exact) mass is 548 g/mol. The summed E-state index contributed by atoms with van der Waals surface area (Å²) in [4.78, 5) is 16.6. The average Bonchev–Trinajstić information content (AvgIpc) is 3.51. The van der Waals surface area contributed by atoms with E-state index in [1.807, 2.05) is 32.0 Å². The number of methoxy groups -OCH3 is 2. The lowest BCUT2D eigenvalue weighted by Crippen LogP contribution is -2.29. The molecule has 0 radical (unpaired) electrons. The van der Waals surface area contributed by atoms with Crippen LogP contribution in [0, 0.1) is 13.8 Å². The molecule has 1 N–H and O–H groups in total. The fourth-order valence-electron chi connectivity index (χ4n) is 5.38. The molecular weight excluding hydrogens is 512 g/mol. The van der Waals surface area contributed by atoms with E-state index in [0.717, 1.165) is 59.2 Å². The molecule has 0 saturated heterocycles. The summed E-state index contributed by atoms with van der Waals surface area (Å²) in [7, 11) is 3.12. The number of fused-ring (bicyclic) bond motifs is 1. The van der Waals surface area contributed by atoms with Crippen molar-refractivity contribution in [1.82, 2.24) is 9.55 Å². The molecule has 4 aromatic rings. The summed E-state index contributed by atoms with van der Waals surface area (Å²) in [6.45, 7) is 5.15. The first kappa shape index (κ1) is 27.7. The average molecular weight is 549 g/mol. The summed E-state index contributed by atoms with van der Waals surface area (Å²) in [5, 5.41) is 10.6. The standard InChI is InChI=1S/C31H36N2O7/c1-19-7-5-8-21(13-19)30-32-25(20(2)40-30)18-39-24-10-6-9-23(16-24)38-12-11-33-26-17-29(37-4)28(36-3)15-22(26)14-27(33)31(34)35/h5,7-8,13-15,17,23-24H,6,9-12,16,18H2,1-4H3,(H,34,35)/t23-,24+/m1/s1. The SMILES string of the molecule is COc1cc2cc(C(=O)O)n(CCO[C@@H]3CCC[C@H](OCc4nc(-c5cccc(C)c5)oc4C)C3)c2cc1OC. The minimum absolute atomic E-state index is 0.0461. The summed E-state index contributed by atoms with van der Waals surface area (Å²) in [6, 6.07) is 13.4. The molecule has 0 bridgehead atoms. The molecule has 9 heteroatoms. The second-order valence-corrected chi connectivity index (χ2v) is 10.2. The first-order chi connectivity index (χ1) is 19.4. The van der Waals surface area contributed by atoms with E-state index in [1.165, 1.54) is 0 Å². The van der Waals surface area contributed by atoms with Crippen molar-refractivity contribution in [3.8, 4) is 23.0 Å². The van der Waals surface area contributed by atoms with Gasteiger partial charge in [0.2, 0.25) is 5.89 Å². The number of carboxylic acid groups (broad SMARTS) is 1. The van der Waals surface area contributed by atoms with Gasteiger partial charge in [-0.3, -0.25) is 0 Å². The fourth-order valence-corrected chi connectivity index (χ4v) is 5.38. The van der Waals surface area contributed by atoms with Crippen LogP contribution < -0.4 is 9.47 Å². The summed E-state index contributed by atoms with van der Waals surface area (Å²) in [5.74, 6) is 1.49. The Labute approximate surface area is 233 Å². The van der Waals surface area contributed by atoms with E-state index in [2.05, 4.69) is 11.1 Å². The maximum Gasteiger partial charge on any atom is 0.352 e. The van der Waals surface area contributed by atoms with Gasteiger partial charge in [-0.25, -0.2) is 9.78 Å². The predicted molar refractivity (Wildman–Crippen MR) is 150 cm³/mol. The van der Waals surface area contributed by atoms with Crippen molar-refractivity contribution in [3.63, 3.8) is 0 Å². The van der Waals surface area contributed by atoms with Crippen LogP contribution in [0.4, 0.5) is 0 Å². The maximum atomic E-state index is 12.0. The molecule has 2 aromatic carbocycles. The number of carbonyl (C=O) groups is 1. The molecule has 1 fully saturated rings. The van der Waals surface area contributed by atoms with Gasteiger partial charge in [0, 0.05) is 23.6 Å². The van der Waals surface area contributed by atoms with Crippen LogP contribution in [-0.2, 0) is 22.6 Å². The maximum absolute atomic E-state index is 12.0. The Bertz CT molecular complexity index is 1490. The third-order valence-corrected chi connectivity index (χ3v) is 7.49. The van der Waals surface area contributed by atoms with Gasteiger partial charge in [-0.2, -0.15) is 0 Å². The predicted octanol–water partition coefficient (Wildman–Crippen LogP) is 6.17. The number of ether oxygens (including phenoxy) is 4. The van der Waals surface area contributed by atoms with Crippen molar-refractivity contribution in [3.05, 3.63) is 65.2 Å². The quantitative estimate of drug-likeness (QED) is 0.237. The van der Waals surface area contributed by atoms with Crippen molar-refractivity contribution < 1.29 is 33.3 Å². The number of nitrogens with zero attached hydrogens (tertiary/aromatic N) is 2. The van der Waals surface area contributed by atoms with Gasteiger partial charge in [0.25, 0.3) is 0 Å². The first-order valence-corrected chi connectivity index (χ1v) is 13.6. The van der Waals surface area contributed by atoms with Crippen LogP contribution >= 0.6 is 0 Å². The van der Waals surface area contributed by atoms with Gasteiger partial charge in [-0.15, -0.1) is 0 Å². The summed E-state index contributed by atoms with van der Waals surface area (Å²) in [6.07, 6.45) is 3.81. The largest absolute Gasteiger partial charge is 0.493 e. The van der Waals surface area contributed by atoms with Gasteiger partial charge in [-0.1, -0.05) is 17.7 Å². The third-order valence-electron chi connectivity index (χ3n) is 7.49. The molecule has 1 saturated carbocycles. The highest BCUT2D eigenvalue weighted by molar-refractivity contribution is 5.95. The van der Waals surface area contributed by atoms with Crippen molar-refractivity contribution in [2.45, 2.75) is 64.9 Å². The topological polar surface area (TPSA) is 105 Å². The number of aromatic carboxylic acids is 1. The number of oxazole rings is 1. The molecule has 9 nitrogen and oxygen atoms in total. The molecule has 1 aliphatic rings. The number of rotatable bonds is 11. The Morgan fingerprint density at radius 1 is 1.05 bits per heavy atom. The minimum atomic E-state index is -0.992. The minimum Gasteiger partial charge on any atom is -0.493 e. The Kier molecular flexibility index (Phi) is 8.42. The Morgan fingerprint density at radius 3 is 2.52 bits per heavy atom. The van der Waals surface area contributed by atoms with E-state index in [0.29, 0.717) is 37.1 Å². The normalized spacial score (nSPS) is 17.3. The van der Waals surface area contributed by atoms with Crippen molar-refractivity contribution in [2.24, 2.45) is 0 Å². The highest BCUT2D eigenvalue weighted by Gasteiger charge is 2.25. The smallest absolute Gasteiger partial charge is 0.352 e. The van der Waals surface area contributed by atoms with Crippen molar-refractivity contribution in [2.75, 3.05) is 20.8 Å². The lowest BCUT2D eigenvalue weighted by Gasteiger charge is -2.29. The van der Waals surface area contributed by atoms with E-state index in [-0.39, 0.29) is 17.9 Å². The lowest BCUT2D eigenvalue weighted by molar-refractivity contribution is -0.0523. The van der Waals surface area contributed by atoms with Gasteiger partial charge in [0.1, 0.15) is 17.1 Å². The Morgan fingerprint density at radius 2 is 1.80 bits per heavy atom. The molecule has 0 amide bonds.